The Morgan fingerprint density at radius 1 is 1.35 bits per heavy atom. The first-order chi connectivity index (χ1) is 8.02. The molecule has 1 N–H and O–H groups in total. The van der Waals surface area contributed by atoms with E-state index in [9.17, 15) is 4.79 Å². The third-order valence-electron chi connectivity index (χ3n) is 2.28. The number of aryl methyl sites for hydroxylation is 1. The van der Waals surface area contributed by atoms with E-state index in [1.807, 2.05) is 18.2 Å². The molecule has 0 atom stereocenters. The minimum atomic E-state index is -1.05. The van der Waals surface area contributed by atoms with E-state index in [1.165, 1.54) is 0 Å². The number of hydrogen-bond donors (Lipinski definition) is 1. The molecule has 0 aliphatic heterocycles. The van der Waals surface area contributed by atoms with Gasteiger partial charge in [-0.05, 0) is 19.1 Å². The highest BCUT2D eigenvalue weighted by molar-refractivity contribution is 9.11. The van der Waals surface area contributed by atoms with Crippen LogP contribution in [0.15, 0.2) is 31.7 Å². The molecule has 0 unspecified atom stereocenters. The van der Waals surface area contributed by atoms with Gasteiger partial charge in [0.25, 0.3) is 0 Å². The quantitative estimate of drug-likeness (QED) is 0.882. The smallest absolute Gasteiger partial charge is 0.341 e. The first-order valence-electron chi connectivity index (χ1n) is 4.66. The van der Waals surface area contributed by atoms with Crippen molar-refractivity contribution in [3.05, 3.63) is 38.5 Å². The van der Waals surface area contributed by atoms with Crippen LogP contribution in [0.5, 0.6) is 0 Å². The molecular formula is C11H7Br2NO3. The molecule has 0 radical (unpaired) electrons. The summed E-state index contributed by atoms with van der Waals surface area (Å²) in [6.07, 6.45) is 0. The monoisotopic (exact) mass is 359 g/mol. The van der Waals surface area contributed by atoms with E-state index in [0.717, 1.165) is 8.95 Å². The van der Waals surface area contributed by atoms with Crippen molar-refractivity contribution in [3.8, 4) is 11.3 Å². The van der Waals surface area contributed by atoms with Crippen LogP contribution in [-0.4, -0.2) is 16.2 Å². The first-order valence-corrected chi connectivity index (χ1v) is 6.25. The molecule has 2 rings (SSSR count). The number of rotatable bonds is 2. The minimum Gasteiger partial charge on any atom is -0.477 e. The Balaban J connectivity index is 2.73. The van der Waals surface area contributed by atoms with Crippen LogP contribution in [0, 0.1) is 6.92 Å². The number of carboxylic acids is 1. The van der Waals surface area contributed by atoms with Crippen molar-refractivity contribution < 1.29 is 14.4 Å². The second-order valence-electron chi connectivity index (χ2n) is 3.36. The zero-order valence-corrected chi connectivity index (χ0v) is 11.9. The first kappa shape index (κ1) is 12.3. The van der Waals surface area contributed by atoms with Crippen LogP contribution < -0.4 is 0 Å². The molecule has 1 aromatic carbocycles. The van der Waals surface area contributed by atoms with Gasteiger partial charge in [0.05, 0.1) is 0 Å². The molecule has 0 bridgehead atoms. The van der Waals surface area contributed by atoms with Crippen molar-refractivity contribution in [3.63, 3.8) is 0 Å². The van der Waals surface area contributed by atoms with Gasteiger partial charge in [0.15, 0.2) is 0 Å². The van der Waals surface area contributed by atoms with Crippen molar-refractivity contribution in [2.24, 2.45) is 0 Å². The average Bonchev–Trinajstić information content (AvgIpc) is 2.60. The van der Waals surface area contributed by atoms with E-state index < -0.39 is 5.97 Å². The van der Waals surface area contributed by atoms with E-state index >= 15 is 0 Å². The zero-order valence-electron chi connectivity index (χ0n) is 8.70. The van der Waals surface area contributed by atoms with Crippen LogP contribution in [-0.2, 0) is 0 Å². The normalized spacial score (nSPS) is 10.5. The van der Waals surface area contributed by atoms with Gasteiger partial charge in [-0.1, -0.05) is 43.1 Å². The van der Waals surface area contributed by atoms with E-state index in [-0.39, 0.29) is 11.3 Å². The van der Waals surface area contributed by atoms with E-state index in [2.05, 4.69) is 37.0 Å². The van der Waals surface area contributed by atoms with Crippen molar-refractivity contribution in [2.75, 3.05) is 0 Å². The summed E-state index contributed by atoms with van der Waals surface area (Å²) in [6, 6.07) is 5.47. The van der Waals surface area contributed by atoms with Crippen LogP contribution in [0.2, 0.25) is 0 Å². The SMILES string of the molecule is Cc1onc(-c2c(Br)cccc2Br)c1C(=O)O. The third-order valence-corrected chi connectivity index (χ3v) is 3.60. The van der Waals surface area contributed by atoms with Crippen molar-refractivity contribution >= 4 is 37.8 Å². The van der Waals surface area contributed by atoms with Gasteiger partial charge in [-0.15, -0.1) is 0 Å². The van der Waals surface area contributed by atoms with Crippen molar-refractivity contribution in [2.45, 2.75) is 6.92 Å². The lowest BCUT2D eigenvalue weighted by Crippen LogP contribution is -1.99. The summed E-state index contributed by atoms with van der Waals surface area (Å²) in [7, 11) is 0. The van der Waals surface area contributed by atoms with Crippen LogP contribution in [0.1, 0.15) is 16.1 Å². The summed E-state index contributed by atoms with van der Waals surface area (Å²) < 4.78 is 6.45. The molecule has 0 spiro atoms. The fourth-order valence-corrected chi connectivity index (χ4v) is 2.89. The average molecular weight is 361 g/mol. The van der Waals surface area contributed by atoms with E-state index in [1.54, 1.807) is 6.92 Å². The summed E-state index contributed by atoms with van der Waals surface area (Å²) in [6.45, 7) is 1.57. The van der Waals surface area contributed by atoms with Crippen LogP contribution in [0.4, 0.5) is 0 Å². The maximum absolute atomic E-state index is 11.2. The van der Waals surface area contributed by atoms with Gasteiger partial charge in [-0.3, -0.25) is 0 Å². The summed E-state index contributed by atoms with van der Waals surface area (Å²) in [5, 5.41) is 13.0. The van der Waals surface area contributed by atoms with Gasteiger partial charge < -0.3 is 9.63 Å². The van der Waals surface area contributed by atoms with Crippen molar-refractivity contribution in [1.29, 1.82) is 0 Å². The van der Waals surface area contributed by atoms with Gasteiger partial charge in [0.2, 0.25) is 0 Å². The molecule has 17 heavy (non-hydrogen) atoms. The Morgan fingerprint density at radius 2 is 1.94 bits per heavy atom. The molecule has 0 aliphatic rings. The van der Waals surface area contributed by atoms with Gasteiger partial charge in [0.1, 0.15) is 17.0 Å². The van der Waals surface area contributed by atoms with Gasteiger partial charge in [-0.2, -0.15) is 0 Å². The summed E-state index contributed by atoms with van der Waals surface area (Å²) in [5.41, 5.74) is 1.06. The van der Waals surface area contributed by atoms with Crippen LogP contribution >= 0.6 is 31.9 Å². The maximum Gasteiger partial charge on any atom is 0.341 e. The summed E-state index contributed by atoms with van der Waals surface area (Å²) in [4.78, 5) is 11.2. The molecule has 0 amide bonds. The molecule has 0 saturated heterocycles. The molecule has 0 aliphatic carbocycles. The largest absolute Gasteiger partial charge is 0.477 e. The Bertz CT molecular complexity index is 572. The Hall–Kier alpha value is -1.14. The molecule has 0 saturated carbocycles. The second-order valence-corrected chi connectivity index (χ2v) is 5.07. The lowest BCUT2D eigenvalue weighted by Gasteiger charge is -2.04. The number of aromatic carboxylic acids is 1. The molecule has 4 nitrogen and oxygen atoms in total. The summed E-state index contributed by atoms with van der Waals surface area (Å²) in [5.74, 6) is -0.767. The molecule has 6 heteroatoms. The number of halogens is 2. The van der Waals surface area contributed by atoms with E-state index in [0.29, 0.717) is 11.3 Å². The maximum atomic E-state index is 11.2. The third kappa shape index (κ3) is 2.14. The number of aromatic nitrogens is 1. The predicted octanol–water partition coefficient (Wildman–Crippen LogP) is 3.87. The fraction of sp³-hybridized carbons (Fsp3) is 0.0909. The lowest BCUT2D eigenvalue weighted by molar-refractivity contribution is 0.0696. The lowest BCUT2D eigenvalue weighted by atomic mass is 10.1. The number of hydrogen-bond acceptors (Lipinski definition) is 3. The molecular weight excluding hydrogens is 354 g/mol. The van der Waals surface area contributed by atoms with E-state index in [4.69, 9.17) is 9.63 Å². The molecule has 0 fully saturated rings. The standard InChI is InChI=1S/C11H7Br2NO3/c1-5-8(11(15)16)10(14-17-5)9-6(12)3-2-4-7(9)13/h2-4H,1H3,(H,15,16). The number of benzene rings is 1. The molecule has 2 aromatic rings. The number of carbonyl (C=O) groups is 1. The highest BCUT2D eigenvalue weighted by Crippen LogP contribution is 2.36. The van der Waals surface area contributed by atoms with Crippen LogP contribution in [0.25, 0.3) is 11.3 Å². The highest BCUT2D eigenvalue weighted by Gasteiger charge is 2.23. The molecule has 88 valence electrons. The number of nitrogens with zero attached hydrogens (tertiary/aromatic N) is 1. The number of carboxylic acid groups (broad SMARTS) is 1. The Labute approximate surface area is 114 Å². The topological polar surface area (TPSA) is 63.3 Å². The Morgan fingerprint density at radius 3 is 2.47 bits per heavy atom. The zero-order chi connectivity index (χ0) is 12.6. The highest BCUT2D eigenvalue weighted by atomic mass is 79.9. The second kappa shape index (κ2) is 4.62. The van der Waals surface area contributed by atoms with Gasteiger partial charge >= 0.3 is 5.97 Å². The fourth-order valence-electron chi connectivity index (χ4n) is 1.52. The van der Waals surface area contributed by atoms with Gasteiger partial charge in [-0.25, -0.2) is 4.79 Å². The van der Waals surface area contributed by atoms with Crippen LogP contribution in [0.3, 0.4) is 0 Å². The predicted molar refractivity (Wildman–Crippen MR) is 69.0 cm³/mol. The minimum absolute atomic E-state index is 0.0811. The van der Waals surface area contributed by atoms with Gasteiger partial charge in [0, 0.05) is 14.5 Å². The summed E-state index contributed by atoms with van der Waals surface area (Å²) >= 11 is 6.74. The van der Waals surface area contributed by atoms with Crippen molar-refractivity contribution in [1.82, 2.24) is 5.16 Å². The molecule has 1 aromatic heterocycles. The Kier molecular flexibility index (Phi) is 3.35. The molecule has 1 heterocycles.